The number of rotatable bonds is 17. The Balaban J connectivity index is 1.93. The lowest BCUT2D eigenvalue weighted by atomic mass is 9.83. The van der Waals surface area contributed by atoms with Crippen LogP contribution in [0.25, 0.3) is 0 Å². The van der Waals surface area contributed by atoms with Crippen molar-refractivity contribution in [1.29, 1.82) is 0 Å². The van der Waals surface area contributed by atoms with E-state index in [0.717, 1.165) is 71.4 Å². The largest absolute Gasteiger partial charge is 0.487 e. The lowest BCUT2D eigenvalue weighted by Crippen LogP contribution is -2.37. The van der Waals surface area contributed by atoms with Crippen LogP contribution in [0.4, 0.5) is 0 Å². The molecule has 0 aliphatic carbocycles. The van der Waals surface area contributed by atoms with Crippen molar-refractivity contribution < 1.29 is 29.3 Å². The van der Waals surface area contributed by atoms with Gasteiger partial charge in [0.05, 0.1) is 6.42 Å². The van der Waals surface area contributed by atoms with Crippen LogP contribution in [-0.2, 0) is 16.0 Å². The van der Waals surface area contributed by atoms with E-state index in [1.165, 1.54) is 44.9 Å². The van der Waals surface area contributed by atoms with Crippen molar-refractivity contribution in [2.75, 3.05) is 0 Å². The zero-order chi connectivity index (χ0) is 29.3. The molecule has 0 saturated heterocycles. The number of hydrogen-bond donors (Lipinski definition) is 2. The maximum absolute atomic E-state index is 11.6. The van der Waals surface area contributed by atoms with Crippen molar-refractivity contribution in [2.45, 2.75) is 144 Å². The van der Waals surface area contributed by atoms with Gasteiger partial charge in [0, 0.05) is 5.56 Å². The predicted octanol–water partition coefficient (Wildman–Crippen LogP) is 8.44. The zero-order valence-corrected chi connectivity index (χ0v) is 25.8. The number of carbonyl (C=O) groups is 2. The molecule has 0 aromatic heterocycles. The number of carboxylic acid groups (broad SMARTS) is 2. The molecule has 2 N–H and O–H groups in total. The van der Waals surface area contributed by atoms with Crippen molar-refractivity contribution in [2.24, 2.45) is 17.8 Å². The number of ether oxygens (including phenoxy) is 2. The number of hydrogen-bond acceptors (Lipinski definition) is 4. The van der Waals surface area contributed by atoms with Gasteiger partial charge in [-0.15, -0.1) is 0 Å². The van der Waals surface area contributed by atoms with Crippen LogP contribution in [0.2, 0.25) is 0 Å². The van der Waals surface area contributed by atoms with E-state index in [1.54, 1.807) is 0 Å². The Hall–Kier alpha value is -2.24. The quantitative estimate of drug-likeness (QED) is 0.204. The van der Waals surface area contributed by atoms with E-state index in [0.29, 0.717) is 5.75 Å². The van der Waals surface area contributed by atoms with Crippen LogP contribution < -0.4 is 9.47 Å². The van der Waals surface area contributed by atoms with Gasteiger partial charge in [-0.25, -0.2) is 4.79 Å². The molecule has 1 aliphatic heterocycles. The zero-order valence-electron chi connectivity index (χ0n) is 25.8. The normalized spacial score (nSPS) is 19.2. The molecule has 0 fully saturated rings. The van der Waals surface area contributed by atoms with Crippen molar-refractivity contribution in [3.63, 3.8) is 0 Å². The lowest BCUT2D eigenvalue weighted by molar-refractivity contribution is -0.151. The Kier molecular flexibility index (Phi) is 12.6. The smallest absolute Gasteiger partial charge is 0.345 e. The summed E-state index contributed by atoms with van der Waals surface area (Å²) < 4.78 is 12.4. The van der Waals surface area contributed by atoms with Gasteiger partial charge in [0.15, 0.2) is 0 Å². The van der Waals surface area contributed by atoms with E-state index in [-0.39, 0.29) is 5.60 Å². The van der Waals surface area contributed by atoms with Gasteiger partial charge in [-0.3, -0.25) is 4.79 Å². The molecule has 222 valence electrons. The third-order valence-electron chi connectivity index (χ3n) is 8.73. The molecule has 6 heteroatoms. The van der Waals surface area contributed by atoms with Gasteiger partial charge in [0.2, 0.25) is 6.10 Å². The van der Waals surface area contributed by atoms with Gasteiger partial charge < -0.3 is 19.7 Å². The van der Waals surface area contributed by atoms with E-state index in [4.69, 9.17) is 14.6 Å². The first-order chi connectivity index (χ1) is 18.2. The van der Waals surface area contributed by atoms with E-state index in [2.05, 4.69) is 34.6 Å². The van der Waals surface area contributed by atoms with Gasteiger partial charge in [-0.05, 0) is 87.8 Å². The number of carboxylic acids is 2. The average Bonchev–Trinajstić information content (AvgIpc) is 2.83. The van der Waals surface area contributed by atoms with Crippen LogP contribution in [0.3, 0.4) is 0 Å². The molecule has 0 saturated carbocycles. The second-order valence-electron chi connectivity index (χ2n) is 13.0. The summed E-state index contributed by atoms with van der Waals surface area (Å²) in [5.74, 6) is 1.25. The summed E-state index contributed by atoms with van der Waals surface area (Å²) in [5.41, 5.74) is 3.40. The SMILES string of the molecule is Cc1c(C)c2c(c(C)c1OC(CC(=O)O)C(=O)O)CC[C@@](C)(CCC[C@H](C)CCC[C@H](C)CCCC(C)C)O2. The number of benzene rings is 1. The Morgan fingerprint density at radius 3 is 1.97 bits per heavy atom. The minimum absolute atomic E-state index is 0.226. The summed E-state index contributed by atoms with van der Waals surface area (Å²) >= 11 is 0. The highest BCUT2D eigenvalue weighted by atomic mass is 16.5. The van der Waals surface area contributed by atoms with Gasteiger partial charge in [-0.2, -0.15) is 0 Å². The Morgan fingerprint density at radius 1 is 0.872 bits per heavy atom. The fraction of sp³-hybridized carbons (Fsp3) is 0.758. The highest BCUT2D eigenvalue weighted by Crippen LogP contribution is 2.45. The molecule has 0 amide bonds. The van der Waals surface area contributed by atoms with Crippen LogP contribution in [0.15, 0.2) is 0 Å². The molecular weight excluding hydrogens is 492 g/mol. The van der Waals surface area contributed by atoms with E-state index >= 15 is 0 Å². The van der Waals surface area contributed by atoms with Crippen molar-refractivity contribution in [3.8, 4) is 11.5 Å². The third-order valence-corrected chi connectivity index (χ3v) is 8.73. The number of aliphatic carboxylic acids is 2. The highest BCUT2D eigenvalue weighted by molar-refractivity contribution is 5.80. The molecule has 2 rings (SSSR count). The first-order valence-corrected chi connectivity index (χ1v) is 15.2. The number of fused-ring (bicyclic) bond motifs is 1. The molecule has 1 aliphatic rings. The Morgan fingerprint density at radius 2 is 1.44 bits per heavy atom. The van der Waals surface area contributed by atoms with Crippen molar-refractivity contribution in [1.82, 2.24) is 0 Å². The van der Waals surface area contributed by atoms with Gasteiger partial charge >= 0.3 is 11.9 Å². The second-order valence-corrected chi connectivity index (χ2v) is 13.0. The topological polar surface area (TPSA) is 93.1 Å². The van der Waals surface area contributed by atoms with E-state index < -0.39 is 24.5 Å². The van der Waals surface area contributed by atoms with Gasteiger partial charge in [-0.1, -0.05) is 72.6 Å². The average molecular weight is 547 g/mol. The second kappa shape index (κ2) is 14.9. The van der Waals surface area contributed by atoms with Crippen LogP contribution in [0.1, 0.15) is 128 Å². The first kappa shape index (κ1) is 33.0. The summed E-state index contributed by atoms with van der Waals surface area (Å²) in [6.07, 6.45) is 11.1. The Labute approximate surface area is 236 Å². The minimum atomic E-state index is -1.43. The molecule has 4 atom stereocenters. The van der Waals surface area contributed by atoms with E-state index in [1.807, 2.05) is 20.8 Å². The molecule has 1 aromatic carbocycles. The fourth-order valence-electron chi connectivity index (χ4n) is 5.92. The van der Waals surface area contributed by atoms with Crippen molar-refractivity contribution >= 4 is 11.9 Å². The monoisotopic (exact) mass is 546 g/mol. The van der Waals surface area contributed by atoms with Crippen LogP contribution in [0, 0.1) is 38.5 Å². The van der Waals surface area contributed by atoms with Gasteiger partial charge in [0.1, 0.15) is 17.1 Å². The summed E-state index contributed by atoms with van der Waals surface area (Å²) in [5, 5.41) is 18.6. The third kappa shape index (κ3) is 10.0. The highest BCUT2D eigenvalue weighted by Gasteiger charge is 2.35. The van der Waals surface area contributed by atoms with Crippen molar-refractivity contribution in [3.05, 3.63) is 22.3 Å². The molecule has 0 spiro atoms. The molecule has 0 radical (unpaired) electrons. The first-order valence-electron chi connectivity index (χ1n) is 15.2. The van der Waals surface area contributed by atoms with E-state index in [9.17, 15) is 14.7 Å². The summed E-state index contributed by atoms with van der Waals surface area (Å²) in [4.78, 5) is 22.7. The predicted molar refractivity (Wildman–Crippen MR) is 157 cm³/mol. The molecule has 6 nitrogen and oxygen atoms in total. The molecule has 1 heterocycles. The summed E-state index contributed by atoms with van der Waals surface area (Å²) in [7, 11) is 0. The molecule has 1 aromatic rings. The maximum Gasteiger partial charge on any atom is 0.345 e. The Bertz CT molecular complexity index is 968. The lowest BCUT2D eigenvalue weighted by Gasteiger charge is -2.38. The van der Waals surface area contributed by atoms with Crippen LogP contribution in [-0.4, -0.2) is 33.9 Å². The maximum atomic E-state index is 11.6. The molecule has 39 heavy (non-hydrogen) atoms. The van der Waals surface area contributed by atoms with Crippen LogP contribution in [0.5, 0.6) is 11.5 Å². The molecular formula is C33H54O6. The van der Waals surface area contributed by atoms with Gasteiger partial charge in [0.25, 0.3) is 0 Å². The molecule has 0 bridgehead atoms. The van der Waals surface area contributed by atoms with Crippen LogP contribution >= 0.6 is 0 Å². The fourth-order valence-corrected chi connectivity index (χ4v) is 5.92. The summed E-state index contributed by atoms with van der Waals surface area (Å²) in [6.45, 7) is 17.4. The standard InChI is InChI=1S/C33H54O6/c1-21(2)12-9-13-22(3)14-10-15-23(4)16-11-18-33(8)19-17-27-26(7)30(24(5)25(6)31(27)39-33)38-28(32(36)37)20-29(34)35/h21-23,28H,9-20H2,1-8H3,(H,34,35)(H,36,37)/t22-,23-,28?,33-/m1/s1. The summed E-state index contributed by atoms with van der Waals surface area (Å²) in [6, 6.07) is 0. The minimum Gasteiger partial charge on any atom is -0.487 e. The molecule has 1 unspecified atom stereocenters.